The van der Waals surface area contributed by atoms with Gasteiger partial charge in [0.25, 0.3) is 0 Å². The summed E-state index contributed by atoms with van der Waals surface area (Å²) in [5, 5.41) is 14.9. The van der Waals surface area contributed by atoms with Crippen molar-refractivity contribution in [3.8, 4) is 0 Å². The van der Waals surface area contributed by atoms with Gasteiger partial charge in [0.2, 0.25) is 11.6 Å². The first-order valence-electron chi connectivity index (χ1n) is 10.5. The fourth-order valence-corrected chi connectivity index (χ4v) is 3.85. The summed E-state index contributed by atoms with van der Waals surface area (Å²) in [4.78, 5) is 35.9. The van der Waals surface area contributed by atoms with E-state index < -0.39 is 4.92 Å². The van der Waals surface area contributed by atoms with Gasteiger partial charge in [-0.1, -0.05) is 0 Å². The highest BCUT2D eigenvalue weighted by Gasteiger charge is 2.33. The average molecular weight is 422 g/mol. The van der Waals surface area contributed by atoms with E-state index in [1.807, 2.05) is 0 Å². The first-order valence-corrected chi connectivity index (χ1v) is 10.5. The van der Waals surface area contributed by atoms with Gasteiger partial charge < -0.3 is 19.7 Å². The van der Waals surface area contributed by atoms with Gasteiger partial charge in [-0.3, -0.25) is 19.8 Å². The number of hydrogen-bond donors (Lipinski definition) is 1. The van der Waals surface area contributed by atoms with Crippen molar-refractivity contribution in [3.05, 3.63) is 16.4 Å². The van der Waals surface area contributed by atoms with Gasteiger partial charge in [-0.2, -0.15) is 0 Å². The first kappa shape index (κ1) is 22.2. The Labute approximate surface area is 175 Å². The molecular weight excluding hydrogens is 392 g/mol. The third-order valence-corrected chi connectivity index (χ3v) is 5.37. The molecule has 0 spiro atoms. The molecule has 166 valence electrons. The predicted octanol–water partition coefficient (Wildman–Crippen LogP) is 1.30. The van der Waals surface area contributed by atoms with E-state index in [9.17, 15) is 14.9 Å². The lowest BCUT2D eigenvalue weighted by molar-refractivity contribution is -0.383. The van der Waals surface area contributed by atoms with Crippen LogP contribution < -0.4 is 10.2 Å². The highest BCUT2D eigenvalue weighted by molar-refractivity contribution is 5.75. The number of esters is 1. The minimum Gasteiger partial charge on any atom is -0.466 e. The zero-order valence-electron chi connectivity index (χ0n) is 17.4. The number of nitrogens with zero attached hydrogens (tertiary/aromatic N) is 5. The Kier molecular flexibility index (Phi) is 8.14. The monoisotopic (exact) mass is 422 g/mol. The lowest BCUT2D eigenvalue weighted by Gasteiger charge is -2.32. The number of hydrogen-bond acceptors (Lipinski definition) is 10. The number of nitro groups is 1. The first-order chi connectivity index (χ1) is 14.6. The summed E-state index contributed by atoms with van der Waals surface area (Å²) in [6.07, 6.45) is 3.62. The molecule has 2 fully saturated rings. The van der Waals surface area contributed by atoms with Crippen LogP contribution in [0.1, 0.15) is 26.2 Å². The molecule has 3 heterocycles. The van der Waals surface area contributed by atoms with Crippen molar-refractivity contribution in [2.24, 2.45) is 5.92 Å². The van der Waals surface area contributed by atoms with Crippen LogP contribution in [-0.2, 0) is 14.3 Å². The molecule has 1 aromatic heterocycles. The maximum absolute atomic E-state index is 12.1. The second kappa shape index (κ2) is 11.0. The molecule has 1 unspecified atom stereocenters. The fraction of sp³-hybridized carbons (Fsp3) is 0.737. The molecule has 0 radical (unpaired) electrons. The van der Waals surface area contributed by atoms with Crippen molar-refractivity contribution in [2.45, 2.75) is 26.2 Å². The second-order valence-electron chi connectivity index (χ2n) is 7.42. The molecule has 30 heavy (non-hydrogen) atoms. The number of carbonyl (C=O) groups is 1. The van der Waals surface area contributed by atoms with Crippen LogP contribution in [0.3, 0.4) is 0 Å². The summed E-state index contributed by atoms with van der Waals surface area (Å²) in [6, 6.07) is 0. The van der Waals surface area contributed by atoms with Gasteiger partial charge in [0.15, 0.2) is 0 Å². The van der Waals surface area contributed by atoms with Gasteiger partial charge in [0.1, 0.15) is 6.33 Å². The number of ether oxygens (including phenoxy) is 2. The normalized spacial score (nSPS) is 20.0. The van der Waals surface area contributed by atoms with Crippen molar-refractivity contribution in [1.82, 2.24) is 14.9 Å². The van der Waals surface area contributed by atoms with E-state index in [1.165, 1.54) is 6.33 Å². The molecule has 0 aliphatic carbocycles. The molecule has 0 aromatic carbocycles. The summed E-state index contributed by atoms with van der Waals surface area (Å²) >= 11 is 0. The molecule has 0 bridgehead atoms. The topological polar surface area (TPSA) is 123 Å². The Morgan fingerprint density at radius 1 is 1.37 bits per heavy atom. The number of anilines is 2. The van der Waals surface area contributed by atoms with Crippen molar-refractivity contribution in [1.29, 1.82) is 0 Å². The van der Waals surface area contributed by atoms with Crippen molar-refractivity contribution < 1.29 is 19.2 Å². The van der Waals surface area contributed by atoms with Crippen LogP contribution in [0.4, 0.5) is 17.3 Å². The molecule has 11 nitrogen and oxygen atoms in total. The van der Waals surface area contributed by atoms with Gasteiger partial charge in [-0.15, -0.1) is 0 Å². The van der Waals surface area contributed by atoms with E-state index in [2.05, 4.69) is 20.2 Å². The maximum Gasteiger partial charge on any atom is 0.353 e. The second-order valence-corrected chi connectivity index (χ2v) is 7.42. The minimum atomic E-state index is -0.451. The molecule has 0 saturated carbocycles. The average Bonchev–Trinajstić information content (AvgIpc) is 2.77. The van der Waals surface area contributed by atoms with Crippen LogP contribution in [0, 0.1) is 16.0 Å². The molecule has 1 N–H and O–H groups in total. The highest BCUT2D eigenvalue weighted by Crippen LogP contribution is 2.34. The molecule has 2 aliphatic heterocycles. The van der Waals surface area contributed by atoms with Crippen molar-refractivity contribution >= 4 is 23.3 Å². The van der Waals surface area contributed by atoms with Crippen molar-refractivity contribution in [3.63, 3.8) is 0 Å². The van der Waals surface area contributed by atoms with Crippen LogP contribution >= 0.6 is 0 Å². The summed E-state index contributed by atoms with van der Waals surface area (Å²) in [7, 11) is 0. The van der Waals surface area contributed by atoms with E-state index in [1.54, 1.807) is 11.8 Å². The Morgan fingerprint density at radius 3 is 2.90 bits per heavy atom. The third kappa shape index (κ3) is 5.76. The molecule has 1 atom stereocenters. The van der Waals surface area contributed by atoms with Crippen molar-refractivity contribution in [2.75, 3.05) is 69.3 Å². The number of morpholine rings is 1. The minimum absolute atomic E-state index is 0.145. The lowest BCUT2D eigenvalue weighted by atomic mass is 9.98. The summed E-state index contributed by atoms with van der Waals surface area (Å²) < 4.78 is 10.5. The molecule has 0 amide bonds. The smallest absolute Gasteiger partial charge is 0.353 e. The van der Waals surface area contributed by atoms with E-state index >= 15 is 0 Å². The molecule has 1 aromatic rings. The van der Waals surface area contributed by atoms with E-state index in [0.717, 1.165) is 45.7 Å². The largest absolute Gasteiger partial charge is 0.466 e. The Hall–Kier alpha value is -2.53. The van der Waals surface area contributed by atoms with E-state index in [4.69, 9.17) is 9.47 Å². The van der Waals surface area contributed by atoms with E-state index in [0.29, 0.717) is 32.7 Å². The fourth-order valence-electron chi connectivity index (χ4n) is 3.85. The predicted molar refractivity (Wildman–Crippen MR) is 111 cm³/mol. The third-order valence-electron chi connectivity index (χ3n) is 5.37. The zero-order chi connectivity index (χ0) is 21.3. The number of piperidine rings is 1. The van der Waals surface area contributed by atoms with Crippen LogP contribution in [0.15, 0.2) is 6.33 Å². The molecule has 2 saturated heterocycles. The van der Waals surface area contributed by atoms with Crippen LogP contribution in [0.5, 0.6) is 0 Å². The Balaban J connectivity index is 1.65. The summed E-state index contributed by atoms with van der Waals surface area (Å²) in [6.45, 7) is 7.83. The number of aromatic nitrogens is 2. The maximum atomic E-state index is 12.1. The highest BCUT2D eigenvalue weighted by atomic mass is 16.6. The molecule has 2 aliphatic rings. The summed E-state index contributed by atoms with van der Waals surface area (Å²) in [5.41, 5.74) is -0.145. The zero-order valence-corrected chi connectivity index (χ0v) is 17.4. The SMILES string of the molecule is CCOC(=O)C1CCCN(c2ncnc(NCCCN3CCOCC3)c2[N+](=O)[O-])C1. The number of rotatable bonds is 9. The quantitative estimate of drug-likeness (QED) is 0.269. The molecule has 11 heteroatoms. The standard InChI is InChI=1S/C19H30N6O5/c1-2-30-19(26)15-5-3-8-24(13-15)18-16(25(27)28)17(21-14-22-18)20-6-4-7-23-9-11-29-12-10-23/h14-15H,2-13H2,1H3,(H,20,21,22). The van der Waals surface area contributed by atoms with Gasteiger partial charge in [0, 0.05) is 32.7 Å². The van der Waals surface area contributed by atoms with E-state index in [-0.39, 0.29) is 29.2 Å². The Bertz CT molecular complexity index is 727. The van der Waals surface area contributed by atoms with Crippen LogP contribution in [-0.4, -0.2) is 84.8 Å². The van der Waals surface area contributed by atoms with Crippen LogP contribution in [0.25, 0.3) is 0 Å². The van der Waals surface area contributed by atoms with Crippen LogP contribution in [0.2, 0.25) is 0 Å². The number of nitrogens with one attached hydrogen (secondary N) is 1. The Morgan fingerprint density at radius 2 is 2.17 bits per heavy atom. The lowest BCUT2D eigenvalue weighted by Crippen LogP contribution is -2.40. The van der Waals surface area contributed by atoms with Gasteiger partial charge in [0.05, 0.1) is 30.7 Å². The van der Waals surface area contributed by atoms with Gasteiger partial charge in [-0.25, -0.2) is 9.97 Å². The van der Waals surface area contributed by atoms with Gasteiger partial charge >= 0.3 is 11.7 Å². The summed E-state index contributed by atoms with van der Waals surface area (Å²) in [5.74, 6) is -0.108. The molecule has 3 rings (SSSR count). The van der Waals surface area contributed by atoms with Gasteiger partial charge in [-0.05, 0) is 32.7 Å². The molecular formula is C19H30N6O5. The number of carbonyl (C=O) groups excluding carboxylic acids is 1.